The second kappa shape index (κ2) is 4.01. The summed E-state index contributed by atoms with van der Waals surface area (Å²) in [4.78, 5) is 0. The van der Waals surface area contributed by atoms with Gasteiger partial charge in [0.1, 0.15) is 0 Å². The van der Waals surface area contributed by atoms with Crippen LogP contribution in [0.3, 0.4) is 0 Å². The highest BCUT2D eigenvalue weighted by atomic mass is 32.2. The monoisotopic (exact) mass is 264 g/mol. The molecule has 0 N–H and O–H groups in total. The summed E-state index contributed by atoms with van der Waals surface area (Å²) in [5.41, 5.74) is -4.25. The van der Waals surface area contributed by atoms with Crippen LogP contribution < -0.4 is 0 Å². The minimum Gasteiger partial charge on any atom is -0.219 e. The molecule has 1 aromatic carbocycles. The largest absolute Gasteiger partial charge is 0.497 e. The van der Waals surface area contributed by atoms with Crippen molar-refractivity contribution in [2.24, 2.45) is 5.92 Å². The molecule has 0 saturated heterocycles. The molecule has 0 amide bonds. The Bertz CT molecular complexity index is 493. The molecule has 1 aromatic rings. The summed E-state index contributed by atoms with van der Waals surface area (Å²) in [7, 11) is -4.97. The van der Waals surface area contributed by atoms with Gasteiger partial charge >= 0.3 is 5.51 Å². The Morgan fingerprint density at radius 3 is 2.29 bits per heavy atom. The lowest BCUT2D eigenvalue weighted by molar-refractivity contribution is -0.0438. The van der Waals surface area contributed by atoms with Gasteiger partial charge in [-0.25, -0.2) is 8.42 Å². The van der Waals surface area contributed by atoms with Crippen molar-refractivity contribution in [1.29, 1.82) is 0 Å². The summed E-state index contributed by atoms with van der Waals surface area (Å²) in [6, 6.07) is 8.95. The highest BCUT2D eigenvalue weighted by molar-refractivity contribution is 7.93. The van der Waals surface area contributed by atoms with Gasteiger partial charge in [0.25, 0.3) is 9.84 Å². The zero-order chi connectivity index (χ0) is 12.7. The minimum absolute atomic E-state index is 0.108. The first-order chi connectivity index (χ1) is 7.82. The van der Waals surface area contributed by atoms with Crippen molar-refractivity contribution in [2.45, 2.75) is 23.6 Å². The molecular weight excluding hydrogens is 253 g/mol. The predicted octanol–water partition coefficient (Wildman–Crippen LogP) is 2.55. The number of benzene rings is 1. The van der Waals surface area contributed by atoms with Crippen LogP contribution in [0.4, 0.5) is 13.2 Å². The van der Waals surface area contributed by atoms with E-state index in [-0.39, 0.29) is 6.42 Å². The lowest BCUT2D eigenvalue weighted by Gasteiger charge is -2.07. The van der Waals surface area contributed by atoms with E-state index in [1.165, 1.54) is 0 Å². The average molecular weight is 264 g/mol. The standard InChI is InChI=1S/C11H11F3O2S/c12-11(13,14)17(15,16)10-7-9(10)6-8-4-2-1-3-5-8/h1-5,9-10H,6-7H2. The van der Waals surface area contributed by atoms with E-state index in [4.69, 9.17) is 0 Å². The Balaban J connectivity index is 2.03. The van der Waals surface area contributed by atoms with Gasteiger partial charge in [0, 0.05) is 0 Å². The quantitative estimate of drug-likeness (QED) is 0.840. The van der Waals surface area contributed by atoms with Crippen LogP contribution in [0.5, 0.6) is 0 Å². The molecule has 1 aliphatic carbocycles. The highest BCUT2D eigenvalue weighted by Crippen LogP contribution is 2.45. The lowest BCUT2D eigenvalue weighted by atomic mass is 10.1. The summed E-state index contributed by atoms with van der Waals surface area (Å²) < 4.78 is 58.9. The van der Waals surface area contributed by atoms with Crippen LogP contribution in [0.15, 0.2) is 30.3 Å². The normalized spacial score (nSPS) is 24.6. The molecular formula is C11H11F3O2S. The van der Waals surface area contributed by atoms with Crippen LogP contribution in [-0.2, 0) is 16.3 Å². The van der Waals surface area contributed by atoms with Crippen LogP contribution in [-0.4, -0.2) is 19.2 Å². The fraction of sp³-hybridized carbons (Fsp3) is 0.455. The molecule has 2 unspecified atom stereocenters. The maximum atomic E-state index is 12.2. The topological polar surface area (TPSA) is 34.1 Å². The number of sulfone groups is 1. The Morgan fingerprint density at radius 2 is 1.76 bits per heavy atom. The fourth-order valence-electron chi connectivity index (χ4n) is 1.90. The molecule has 0 aliphatic heterocycles. The molecule has 1 saturated carbocycles. The van der Waals surface area contributed by atoms with E-state index in [9.17, 15) is 21.6 Å². The van der Waals surface area contributed by atoms with E-state index in [0.29, 0.717) is 6.42 Å². The van der Waals surface area contributed by atoms with Gasteiger partial charge in [0.15, 0.2) is 0 Å². The molecule has 0 radical (unpaired) electrons. The van der Waals surface area contributed by atoms with Gasteiger partial charge < -0.3 is 0 Å². The molecule has 2 atom stereocenters. The van der Waals surface area contributed by atoms with Gasteiger partial charge in [-0.15, -0.1) is 0 Å². The van der Waals surface area contributed by atoms with Crippen molar-refractivity contribution in [3.05, 3.63) is 35.9 Å². The summed E-state index contributed by atoms with van der Waals surface area (Å²) in [6.45, 7) is 0. The Morgan fingerprint density at radius 1 is 1.18 bits per heavy atom. The van der Waals surface area contributed by atoms with Crippen LogP contribution in [0.1, 0.15) is 12.0 Å². The Kier molecular flexibility index (Phi) is 2.93. The third kappa shape index (κ3) is 2.46. The van der Waals surface area contributed by atoms with Crippen LogP contribution >= 0.6 is 0 Å². The van der Waals surface area contributed by atoms with E-state index in [2.05, 4.69) is 0 Å². The van der Waals surface area contributed by atoms with E-state index in [1.807, 2.05) is 0 Å². The average Bonchev–Trinajstić information content (AvgIpc) is 2.97. The van der Waals surface area contributed by atoms with Crippen LogP contribution in [0, 0.1) is 5.92 Å². The molecule has 17 heavy (non-hydrogen) atoms. The van der Waals surface area contributed by atoms with E-state index in [0.717, 1.165) is 5.56 Å². The van der Waals surface area contributed by atoms with E-state index < -0.39 is 26.5 Å². The molecule has 2 rings (SSSR count). The van der Waals surface area contributed by atoms with Gasteiger partial charge in [-0.3, -0.25) is 0 Å². The molecule has 0 spiro atoms. The van der Waals surface area contributed by atoms with Gasteiger partial charge in [-0.05, 0) is 24.3 Å². The Hall–Kier alpha value is -1.04. The lowest BCUT2D eigenvalue weighted by Crippen LogP contribution is -2.28. The predicted molar refractivity (Wildman–Crippen MR) is 57.0 cm³/mol. The minimum atomic E-state index is -5.12. The summed E-state index contributed by atoms with van der Waals surface area (Å²) in [6.07, 6.45) is 0.498. The molecule has 94 valence electrons. The van der Waals surface area contributed by atoms with Crippen molar-refractivity contribution in [2.75, 3.05) is 0 Å². The van der Waals surface area contributed by atoms with Gasteiger partial charge in [0.05, 0.1) is 5.25 Å². The zero-order valence-corrected chi connectivity index (χ0v) is 9.63. The number of alkyl halides is 3. The molecule has 6 heteroatoms. The fourth-order valence-corrected chi connectivity index (χ4v) is 3.35. The number of halogens is 3. The third-order valence-electron chi connectivity index (χ3n) is 2.92. The SMILES string of the molecule is O=S(=O)(C1CC1Cc1ccccc1)C(F)(F)F. The van der Waals surface area contributed by atoms with Crippen LogP contribution in [0.2, 0.25) is 0 Å². The smallest absolute Gasteiger partial charge is 0.219 e. The van der Waals surface area contributed by atoms with Crippen LogP contribution in [0.25, 0.3) is 0 Å². The first-order valence-electron chi connectivity index (χ1n) is 5.16. The number of hydrogen-bond donors (Lipinski definition) is 0. The van der Waals surface area contributed by atoms with Crippen molar-refractivity contribution < 1.29 is 21.6 Å². The second-order valence-corrected chi connectivity index (χ2v) is 6.37. The maximum absolute atomic E-state index is 12.2. The molecule has 1 aliphatic rings. The summed E-state index contributed by atoms with van der Waals surface area (Å²) in [5, 5.41) is -1.25. The number of hydrogen-bond acceptors (Lipinski definition) is 2. The zero-order valence-electron chi connectivity index (χ0n) is 8.81. The summed E-state index contributed by atoms with van der Waals surface area (Å²) in [5.74, 6) is -0.399. The van der Waals surface area contributed by atoms with E-state index >= 15 is 0 Å². The third-order valence-corrected chi connectivity index (χ3v) is 4.94. The highest BCUT2D eigenvalue weighted by Gasteiger charge is 2.59. The van der Waals surface area contributed by atoms with Gasteiger partial charge in [0.2, 0.25) is 0 Å². The van der Waals surface area contributed by atoms with Crippen molar-refractivity contribution in [3.63, 3.8) is 0 Å². The van der Waals surface area contributed by atoms with Crippen molar-refractivity contribution in [3.8, 4) is 0 Å². The summed E-state index contributed by atoms with van der Waals surface area (Å²) >= 11 is 0. The molecule has 2 nitrogen and oxygen atoms in total. The maximum Gasteiger partial charge on any atom is 0.497 e. The first kappa shape index (κ1) is 12.4. The number of rotatable bonds is 3. The molecule has 0 heterocycles. The van der Waals surface area contributed by atoms with Crippen molar-refractivity contribution >= 4 is 9.84 Å². The van der Waals surface area contributed by atoms with Crippen molar-refractivity contribution in [1.82, 2.24) is 0 Å². The molecule has 0 aromatic heterocycles. The first-order valence-corrected chi connectivity index (χ1v) is 6.71. The second-order valence-electron chi connectivity index (χ2n) is 4.21. The van der Waals surface area contributed by atoms with Gasteiger partial charge in [-0.1, -0.05) is 30.3 Å². The molecule has 0 bridgehead atoms. The van der Waals surface area contributed by atoms with E-state index in [1.54, 1.807) is 30.3 Å². The molecule has 1 fully saturated rings. The van der Waals surface area contributed by atoms with Gasteiger partial charge in [-0.2, -0.15) is 13.2 Å². The Labute approximate surface area is 97.4 Å².